The fourth-order valence-corrected chi connectivity index (χ4v) is 2.09. The van der Waals surface area contributed by atoms with Gasteiger partial charge >= 0.3 is 5.97 Å². The summed E-state index contributed by atoms with van der Waals surface area (Å²) >= 11 is 0. The Morgan fingerprint density at radius 1 is 1.43 bits per heavy atom. The van der Waals surface area contributed by atoms with Crippen LogP contribution in [0.15, 0.2) is 28.8 Å². The summed E-state index contributed by atoms with van der Waals surface area (Å²) in [7, 11) is 1.83. The Hall–Kier alpha value is -2.21. The highest BCUT2D eigenvalue weighted by atomic mass is 16.5. The van der Waals surface area contributed by atoms with E-state index in [1.165, 1.54) is 0 Å². The molecule has 21 heavy (non-hydrogen) atoms. The predicted octanol–water partition coefficient (Wildman–Crippen LogP) is 2.20. The molecule has 1 aromatic heterocycles. The Morgan fingerprint density at radius 3 is 2.81 bits per heavy atom. The van der Waals surface area contributed by atoms with Crippen molar-refractivity contribution in [2.75, 3.05) is 13.6 Å². The van der Waals surface area contributed by atoms with E-state index in [4.69, 9.17) is 9.63 Å². The van der Waals surface area contributed by atoms with Gasteiger partial charge in [0.25, 0.3) is 0 Å². The van der Waals surface area contributed by atoms with Crippen LogP contribution in [-0.2, 0) is 11.3 Å². The summed E-state index contributed by atoms with van der Waals surface area (Å²) in [5.74, 6) is -0.210. The third kappa shape index (κ3) is 3.88. The zero-order chi connectivity index (χ0) is 15.4. The molecule has 0 aliphatic rings. The molecule has 0 radical (unpaired) electrons. The molecular weight excluding hydrogens is 270 g/mol. The van der Waals surface area contributed by atoms with Gasteiger partial charge in [0.15, 0.2) is 0 Å². The molecule has 1 aromatic carbocycles. The number of aryl methyl sites for hydroxylation is 1. The second-order valence-corrected chi connectivity index (χ2v) is 5.26. The highest BCUT2D eigenvalue weighted by molar-refractivity contribution is 5.69. The lowest BCUT2D eigenvalue weighted by molar-refractivity contribution is -0.141. The van der Waals surface area contributed by atoms with Crippen molar-refractivity contribution in [3.05, 3.63) is 35.7 Å². The molecule has 0 saturated carbocycles. The van der Waals surface area contributed by atoms with Gasteiger partial charge < -0.3 is 9.63 Å². The highest BCUT2D eigenvalue weighted by Crippen LogP contribution is 2.20. The molecule has 6 nitrogen and oxygen atoms in total. The summed E-state index contributed by atoms with van der Waals surface area (Å²) in [4.78, 5) is 17.1. The molecule has 0 bridgehead atoms. The first-order valence-electron chi connectivity index (χ1n) is 6.77. The van der Waals surface area contributed by atoms with Crippen molar-refractivity contribution in [3.8, 4) is 11.4 Å². The molecular formula is C15H19N3O3. The quantitative estimate of drug-likeness (QED) is 0.878. The molecule has 112 valence electrons. The standard InChI is InChI=1S/C15H19N3O3/c1-10-6-4-5-7-12(10)14-16-13(21-17-14)9-18(3)8-11(2)15(19)20/h4-7,11H,8-9H2,1-3H3,(H,19,20). The first-order valence-corrected chi connectivity index (χ1v) is 6.77. The maximum Gasteiger partial charge on any atom is 0.307 e. The summed E-state index contributed by atoms with van der Waals surface area (Å²) in [5, 5.41) is 12.9. The molecule has 2 aromatic rings. The summed E-state index contributed by atoms with van der Waals surface area (Å²) in [6, 6.07) is 7.83. The van der Waals surface area contributed by atoms with Gasteiger partial charge in [-0.25, -0.2) is 0 Å². The van der Waals surface area contributed by atoms with Crippen molar-refractivity contribution in [1.29, 1.82) is 0 Å². The number of hydrogen-bond donors (Lipinski definition) is 1. The molecule has 1 heterocycles. The number of carboxylic acid groups (broad SMARTS) is 1. The smallest absolute Gasteiger partial charge is 0.307 e. The van der Waals surface area contributed by atoms with Gasteiger partial charge in [-0.2, -0.15) is 4.98 Å². The van der Waals surface area contributed by atoms with E-state index in [0.717, 1.165) is 11.1 Å². The molecule has 1 atom stereocenters. The van der Waals surface area contributed by atoms with Crippen LogP contribution < -0.4 is 0 Å². The van der Waals surface area contributed by atoms with Crippen LogP contribution in [0.1, 0.15) is 18.4 Å². The van der Waals surface area contributed by atoms with E-state index in [1.54, 1.807) is 6.92 Å². The minimum Gasteiger partial charge on any atom is -0.481 e. The second kappa shape index (κ2) is 6.49. The highest BCUT2D eigenvalue weighted by Gasteiger charge is 2.16. The normalized spacial score (nSPS) is 12.6. The Bertz CT molecular complexity index is 624. The summed E-state index contributed by atoms with van der Waals surface area (Å²) in [5.41, 5.74) is 2.02. The van der Waals surface area contributed by atoms with E-state index in [-0.39, 0.29) is 0 Å². The van der Waals surface area contributed by atoms with Crippen molar-refractivity contribution in [2.45, 2.75) is 20.4 Å². The van der Waals surface area contributed by atoms with Gasteiger partial charge in [-0.05, 0) is 19.5 Å². The van der Waals surface area contributed by atoms with E-state index >= 15 is 0 Å². The fourth-order valence-electron chi connectivity index (χ4n) is 2.09. The van der Waals surface area contributed by atoms with Crippen LogP contribution >= 0.6 is 0 Å². The average Bonchev–Trinajstić information content (AvgIpc) is 2.87. The van der Waals surface area contributed by atoms with Gasteiger partial charge in [0.2, 0.25) is 11.7 Å². The SMILES string of the molecule is Cc1ccccc1-c1noc(CN(C)CC(C)C(=O)O)n1. The molecule has 6 heteroatoms. The summed E-state index contributed by atoms with van der Waals surface area (Å²) < 4.78 is 5.24. The molecule has 1 N–H and O–H groups in total. The lowest BCUT2D eigenvalue weighted by atomic mass is 10.1. The van der Waals surface area contributed by atoms with Gasteiger partial charge in [0.05, 0.1) is 12.5 Å². The van der Waals surface area contributed by atoms with Crippen LogP contribution in [0.25, 0.3) is 11.4 Å². The van der Waals surface area contributed by atoms with Crippen molar-refractivity contribution >= 4 is 5.97 Å². The summed E-state index contributed by atoms with van der Waals surface area (Å²) in [6.45, 7) is 4.52. The maximum atomic E-state index is 10.8. The van der Waals surface area contributed by atoms with Crippen molar-refractivity contribution in [2.24, 2.45) is 5.92 Å². The number of hydrogen-bond acceptors (Lipinski definition) is 5. The number of benzene rings is 1. The van der Waals surface area contributed by atoms with Crippen molar-refractivity contribution < 1.29 is 14.4 Å². The van der Waals surface area contributed by atoms with Crippen LogP contribution in [0.2, 0.25) is 0 Å². The number of aromatic nitrogens is 2. The van der Waals surface area contributed by atoms with Crippen LogP contribution in [-0.4, -0.2) is 39.7 Å². The van der Waals surface area contributed by atoms with Gasteiger partial charge in [-0.1, -0.05) is 36.3 Å². The molecule has 0 aliphatic carbocycles. The molecule has 0 aliphatic heterocycles. The first-order chi connectivity index (χ1) is 9.97. The van der Waals surface area contributed by atoms with Crippen molar-refractivity contribution in [1.82, 2.24) is 15.0 Å². The minimum atomic E-state index is -0.812. The van der Waals surface area contributed by atoms with E-state index < -0.39 is 11.9 Å². The lowest BCUT2D eigenvalue weighted by Crippen LogP contribution is -2.28. The second-order valence-electron chi connectivity index (χ2n) is 5.26. The van der Waals surface area contributed by atoms with Crippen LogP contribution in [0.4, 0.5) is 0 Å². The molecule has 1 unspecified atom stereocenters. The Labute approximate surface area is 123 Å². The molecule has 0 spiro atoms. The number of carboxylic acids is 1. The fraction of sp³-hybridized carbons (Fsp3) is 0.400. The minimum absolute atomic E-state index is 0.427. The van der Waals surface area contributed by atoms with Crippen LogP contribution in [0.5, 0.6) is 0 Å². The Balaban J connectivity index is 2.04. The monoisotopic (exact) mass is 289 g/mol. The number of aliphatic carboxylic acids is 1. The molecule has 0 fully saturated rings. The van der Waals surface area contributed by atoms with E-state index in [2.05, 4.69) is 10.1 Å². The van der Waals surface area contributed by atoms with Crippen molar-refractivity contribution in [3.63, 3.8) is 0 Å². The zero-order valence-corrected chi connectivity index (χ0v) is 12.4. The number of nitrogens with zero attached hydrogens (tertiary/aromatic N) is 3. The Kier molecular flexibility index (Phi) is 4.70. The maximum absolute atomic E-state index is 10.8. The number of carbonyl (C=O) groups is 1. The average molecular weight is 289 g/mol. The van der Waals surface area contributed by atoms with Gasteiger partial charge in [-0.15, -0.1) is 0 Å². The molecule has 2 rings (SSSR count). The topological polar surface area (TPSA) is 79.5 Å². The summed E-state index contributed by atoms with van der Waals surface area (Å²) in [6.07, 6.45) is 0. The van der Waals surface area contributed by atoms with Crippen LogP contribution in [0, 0.1) is 12.8 Å². The van der Waals surface area contributed by atoms with Gasteiger partial charge in [0, 0.05) is 12.1 Å². The van der Waals surface area contributed by atoms with E-state index in [0.29, 0.717) is 24.8 Å². The molecule has 0 saturated heterocycles. The number of rotatable bonds is 6. The third-order valence-corrected chi connectivity index (χ3v) is 3.27. The largest absolute Gasteiger partial charge is 0.481 e. The zero-order valence-electron chi connectivity index (χ0n) is 12.4. The predicted molar refractivity (Wildman–Crippen MR) is 77.6 cm³/mol. The van der Waals surface area contributed by atoms with Crippen LogP contribution in [0.3, 0.4) is 0 Å². The first kappa shape index (κ1) is 15.2. The van der Waals surface area contributed by atoms with Gasteiger partial charge in [-0.3, -0.25) is 9.69 Å². The van der Waals surface area contributed by atoms with E-state index in [9.17, 15) is 4.79 Å². The Morgan fingerprint density at radius 2 is 2.14 bits per heavy atom. The third-order valence-electron chi connectivity index (χ3n) is 3.27. The van der Waals surface area contributed by atoms with Gasteiger partial charge in [0.1, 0.15) is 0 Å². The van der Waals surface area contributed by atoms with E-state index in [1.807, 2.05) is 43.1 Å². The molecule has 0 amide bonds. The lowest BCUT2D eigenvalue weighted by Gasteiger charge is -2.16.